The van der Waals surface area contributed by atoms with Gasteiger partial charge in [0.1, 0.15) is 9.79 Å². The van der Waals surface area contributed by atoms with Crippen LogP contribution in [0.1, 0.15) is 25.0 Å². The van der Waals surface area contributed by atoms with Crippen LogP contribution in [0.3, 0.4) is 0 Å². The van der Waals surface area contributed by atoms with Gasteiger partial charge in [-0.1, -0.05) is 24.3 Å². The molecule has 0 spiro atoms. The zero-order chi connectivity index (χ0) is 25.9. The lowest BCUT2D eigenvalue weighted by Gasteiger charge is -2.14. The third-order valence-corrected chi connectivity index (χ3v) is 6.65. The Balaban J connectivity index is 2.50. The minimum Gasteiger partial charge on any atom is -0.360 e. The summed E-state index contributed by atoms with van der Waals surface area (Å²) in [5.41, 5.74) is 0.118. The standard InChI is InChI=1S/C19H23N3O8S4/c1-12(2)20-19(31)21-15-8-6-13(17(10-15)33(25,26)27)4-5-14-7-9-16(22-32(3,23)24)11-18(14)34(28,29)30/h4-12,22H,1-3H3,(H2,20,21,31)(H,25,26,27)(H,28,29,30)/b5-4+. The fourth-order valence-corrected chi connectivity index (χ4v) is 5.08. The third-order valence-electron chi connectivity index (χ3n) is 4.01. The van der Waals surface area contributed by atoms with Gasteiger partial charge in [0.15, 0.2) is 5.11 Å². The van der Waals surface area contributed by atoms with Gasteiger partial charge in [-0.25, -0.2) is 8.42 Å². The molecule has 0 saturated carbocycles. The molecule has 0 fully saturated rings. The molecule has 0 aliphatic carbocycles. The predicted molar refractivity (Wildman–Crippen MR) is 134 cm³/mol. The average molecular weight is 550 g/mol. The highest BCUT2D eigenvalue weighted by Crippen LogP contribution is 2.26. The Labute approximate surface area is 203 Å². The SMILES string of the molecule is CC(C)NC(=S)Nc1ccc(/C=C/c2ccc(NS(C)(=O)=O)cc2S(=O)(=O)O)c(S(=O)(=O)O)c1. The summed E-state index contributed by atoms with van der Waals surface area (Å²) in [6, 6.07) is 7.40. The van der Waals surface area contributed by atoms with E-state index in [-0.39, 0.29) is 33.7 Å². The lowest BCUT2D eigenvalue weighted by atomic mass is 10.1. The molecule has 2 aromatic carbocycles. The van der Waals surface area contributed by atoms with Gasteiger partial charge in [-0.05, 0) is 61.5 Å². The van der Waals surface area contributed by atoms with E-state index >= 15 is 0 Å². The van der Waals surface area contributed by atoms with Crippen LogP contribution in [0.5, 0.6) is 0 Å². The van der Waals surface area contributed by atoms with Crippen LogP contribution in [0.25, 0.3) is 12.2 Å². The van der Waals surface area contributed by atoms with Crippen LogP contribution in [0.2, 0.25) is 0 Å². The van der Waals surface area contributed by atoms with Crippen molar-refractivity contribution in [3.8, 4) is 0 Å². The Morgan fingerprint density at radius 2 is 1.29 bits per heavy atom. The van der Waals surface area contributed by atoms with Crippen LogP contribution in [-0.4, -0.2) is 51.8 Å². The Hall–Kier alpha value is -2.56. The number of hydrogen-bond acceptors (Lipinski definition) is 7. The van der Waals surface area contributed by atoms with Crippen molar-refractivity contribution in [2.45, 2.75) is 29.7 Å². The van der Waals surface area contributed by atoms with E-state index < -0.39 is 40.1 Å². The maximum absolute atomic E-state index is 11.9. The first-order valence-corrected chi connectivity index (χ1v) is 14.6. The summed E-state index contributed by atoms with van der Waals surface area (Å²) in [5, 5.41) is 5.95. The normalized spacial score (nSPS) is 12.6. The predicted octanol–water partition coefficient (Wildman–Crippen LogP) is 2.42. The quantitative estimate of drug-likeness (QED) is 0.185. The number of nitrogens with one attached hydrogen (secondary N) is 3. The zero-order valence-electron chi connectivity index (χ0n) is 18.2. The molecule has 0 atom stereocenters. The molecule has 186 valence electrons. The lowest BCUT2D eigenvalue weighted by molar-refractivity contribution is 0.480. The third kappa shape index (κ3) is 8.34. The minimum atomic E-state index is -4.77. The van der Waals surface area contributed by atoms with Crippen molar-refractivity contribution in [2.75, 3.05) is 16.3 Å². The molecule has 0 radical (unpaired) electrons. The summed E-state index contributed by atoms with van der Waals surface area (Å²) < 4.78 is 91.6. The number of anilines is 2. The van der Waals surface area contributed by atoms with Gasteiger partial charge in [0, 0.05) is 17.4 Å². The van der Waals surface area contributed by atoms with Crippen molar-refractivity contribution in [1.82, 2.24) is 5.32 Å². The van der Waals surface area contributed by atoms with Gasteiger partial charge in [0.05, 0.1) is 6.26 Å². The lowest BCUT2D eigenvalue weighted by Crippen LogP contribution is -2.33. The smallest absolute Gasteiger partial charge is 0.295 e. The van der Waals surface area contributed by atoms with E-state index in [0.717, 1.165) is 18.4 Å². The maximum Gasteiger partial charge on any atom is 0.295 e. The summed E-state index contributed by atoms with van der Waals surface area (Å²) in [7, 11) is -13.2. The van der Waals surface area contributed by atoms with Crippen molar-refractivity contribution in [3.63, 3.8) is 0 Å². The monoisotopic (exact) mass is 549 g/mol. The fraction of sp³-hybridized carbons (Fsp3) is 0.211. The van der Waals surface area contributed by atoms with E-state index in [1.165, 1.54) is 36.4 Å². The summed E-state index contributed by atoms with van der Waals surface area (Å²) >= 11 is 5.12. The Morgan fingerprint density at radius 1 is 0.853 bits per heavy atom. The molecule has 34 heavy (non-hydrogen) atoms. The number of thiocarbonyl (C=S) groups is 1. The molecular weight excluding hydrogens is 526 g/mol. The van der Waals surface area contributed by atoms with E-state index in [1.807, 2.05) is 13.8 Å². The molecule has 0 bridgehead atoms. The molecule has 0 unspecified atom stereocenters. The zero-order valence-corrected chi connectivity index (χ0v) is 21.4. The summed E-state index contributed by atoms with van der Waals surface area (Å²) in [5.74, 6) is 0. The molecule has 5 N–H and O–H groups in total. The molecule has 0 amide bonds. The molecule has 11 nitrogen and oxygen atoms in total. The van der Waals surface area contributed by atoms with E-state index in [9.17, 15) is 34.4 Å². The largest absolute Gasteiger partial charge is 0.360 e. The highest BCUT2D eigenvalue weighted by Gasteiger charge is 2.18. The molecule has 0 saturated heterocycles. The first kappa shape index (κ1) is 27.7. The first-order chi connectivity index (χ1) is 15.5. The number of rotatable bonds is 8. The molecule has 2 rings (SSSR count). The van der Waals surface area contributed by atoms with E-state index in [0.29, 0.717) is 0 Å². The molecule has 15 heteroatoms. The van der Waals surface area contributed by atoms with Crippen LogP contribution in [-0.2, 0) is 30.3 Å². The van der Waals surface area contributed by atoms with Gasteiger partial charge >= 0.3 is 0 Å². The topological polar surface area (TPSA) is 179 Å². The van der Waals surface area contributed by atoms with Gasteiger partial charge in [-0.2, -0.15) is 16.8 Å². The van der Waals surface area contributed by atoms with Crippen LogP contribution >= 0.6 is 12.2 Å². The van der Waals surface area contributed by atoms with E-state index in [4.69, 9.17) is 12.2 Å². The van der Waals surface area contributed by atoms with Crippen LogP contribution in [0, 0.1) is 0 Å². The average Bonchev–Trinajstić information content (AvgIpc) is 2.64. The van der Waals surface area contributed by atoms with Crippen molar-refractivity contribution in [2.24, 2.45) is 0 Å². The Bertz CT molecular complexity index is 1450. The van der Waals surface area contributed by atoms with Crippen molar-refractivity contribution >= 4 is 71.1 Å². The minimum absolute atomic E-state index is 0.00964. The van der Waals surface area contributed by atoms with Crippen LogP contribution in [0.4, 0.5) is 11.4 Å². The van der Waals surface area contributed by atoms with Gasteiger partial charge < -0.3 is 10.6 Å². The number of benzene rings is 2. The molecule has 0 aliphatic rings. The maximum atomic E-state index is 11.9. The van der Waals surface area contributed by atoms with Crippen molar-refractivity contribution < 1.29 is 34.4 Å². The van der Waals surface area contributed by atoms with Crippen LogP contribution in [0.15, 0.2) is 46.2 Å². The molecule has 0 heterocycles. The van der Waals surface area contributed by atoms with Crippen molar-refractivity contribution in [1.29, 1.82) is 0 Å². The van der Waals surface area contributed by atoms with Crippen LogP contribution < -0.4 is 15.4 Å². The molecular formula is C19H23N3O8S4. The molecule has 2 aromatic rings. The summed E-state index contributed by atoms with van der Waals surface area (Å²) in [4.78, 5) is -1.10. The highest BCUT2D eigenvalue weighted by atomic mass is 32.2. The van der Waals surface area contributed by atoms with Gasteiger partial charge in [-0.3, -0.25) is 13.8 Å². The fourth-order valence-electron chi connectivity index (χ4n) is 2.76. The van der Waals surface area contributed by atoms with Gasteiger partial charge in [-0.15, -0.1) is 0 Å². The Morgan fingerprint density at radius 3 is 1.71 bits per heavy atom. The first-order valence-electron chi connectivity index (χ1n) is 9.42. The summed E-state index contributed by atoms with van der Waals surface area (Å²) in [6.07, 6.45) is 3.27. The number of hydrogen-bond donors (Lipinski definition) is 5. The molecule has 0 aromatic heterocycles. The van der Waals surface area contributed by atoms with Gasteiger partial charge in [0.2, 0.25) is 10.0 Å². The molecule has 0 aliphatic heterocycles. The second-order valence-corrected chi connectivity index (χ2v) is 12.4. The second kappa shape index (κ2) is 10.4. The Kier molecular flexibility index (Phi) is 8.44. The van der Waals surface area contributed by atoms with E-state index in [2.05, 4.69) is 15.4 Å². The van der Waals surface area contributed by atoms with Gasteiger partial charge in [0.25, 0.3) is 20.2 Å². The second-order valence-electron chi connectivity index (χ2n) is 7.42. The summed E-state index contributed by atoms with van der Waals surface area (Å²) in [6.45, 7) is 3.71. The van der Waals surface area contributed by atoms with Crippen molar-refractivity contribution in [3.05, 3.63) is 47.5 Å². The number of sulfonamides is 1. The highest BCUT2D eigenvalue weighted by molar-refractivity contribution is 7.92. The van der Waals surface area contributed by atoms with E-state index in [1.54, 1.807) is 0 Å².